The minimum atomic E-state index is -2.67. The minimum absolute atomic E-state index is 0.00882. The molecular formula is C67H85NO7S4. The molecule has 0 unspecified atom stereocenters. The summed E-state index contributed by atoms with van der Waals surface area (Å²) < 4.78 is 38.5. The van der Waals surface area contributed by atoms with E-state index in [9.17, 15) is 31.2 Å². The SMILES string of the molecule is CC.CC.CC.CC.CC(C)(C(=O)Cc1cc(-c2ccccc2)c(C(=O)c2ccccc2)s1)c1ccccc1.CC(C)(C(=O)Cc1nc(-c2ccccc2)c(Cc2ccccc2)s1)c1ccccc1.CS(C)(=O)=O.CS(C)(=O)=O. The molecule has 8 rings (SSSR count). The van der Waals surface area contributed by atoms with Gasteiger partial charge in [0.1, 0.15) is 36.2 Å². The maximum Gasteiger partial charge on any atom is 0.203 e. The van der Waals surface area contributed by atoms with Gasteiger partial charge in [0, 0.05) is 75.1 Å². The maximum absolute atomic E-state index is 13.3. The number of ketones is 3. The van der Waals surface area contributed by atoms with E-state index < -0.39 is 30.5 Å². The van der Waals surface area contributed by atoms with Crippen LogP contribution in [0.2, 0.25) is 0 Å². The molecule has 12 heteroatoms. The molecule has 2 heterocycles. The molecule has 0 aliphatic heterocycles. The predicted molar refractivity (Wildman–Crippen MR) is 340 cm³/mol. The number of sulfone groups is 2. The van der Waals surface area contributed by atoms with Crippen LogP contribution in [0.5, 0.6) is 0 Å². The highest BCUT2D eigenvalue weighted by molar-refractivity contribution is 7.90. The Labute approximate surface area is 483 Å². The van der Waals surface area contributed by atoms with Crippen LogP contribution >= 0.6 is 22.7 Å². The van der Waals surface area contributed by atoms with Crippen LogP contribution in [0, 0.1) is 0 Å². The number of hydrogen-bond acceptors (Lipinski definition) is 10. The zero-order chi connectivity index (χ0) is 59.8. The van der Waals surface area contributed by atoms with Crippen molar-refractivity contribution in [2.45, 2.75) is 113 Å². The molecule has 0 saturated heterocycles. The average molecular weight is 1140 g/mol. The second kappa shape index (κ2) is 35.9. The zero-order valence-electron chi connectivity index (χ0n) is 49.5. The normalized spacial score (nSPS) is 10.5. The van der Waals surface area contributed by atoms with Gasteiger partial charge < -0.3 is 0 Å². The fourth-order valence-corrected chi connectivity index (χ4v) is 9.48. The van der Waals surface area contributed by atoms with Gasteiger partial charge >= 0.3 is 0 Å². The molecular weight excluding hydrogens is 1060 g/mol. The Bertz CT molecular complexity index is 3160. The van der Waals surface area contributed by atoms with E-state index >= 15 is 0 Å². The molecule has 0 saturated carbocycles. The molecule has 8 nitrogen and oxygen atoms in total. The third-order valence-electron chi connectivity index (χ3n) is 11.1. The number of benzene rings is 6. The fraction of sp³-hybridized carbons (Fsp3) is 0.313. The first-order valence-corrected chi connectivity index (χ1v) is 33.1. The van der Waals surface area contributed by atoms with E-state index in [1.165, 1.54) is 21.8 Å². The molecule has 79 heavy (non-hydrogen) atoms. The molecule has 424 valence electrons. The summed E-state index contributed by atoms with van der Waals surface area (Å²) in [5.41, 5.74) is 6.77. The van der Waals surface area contributed by atoms with Crippen molar-refractivity contribution in [2.24, 2.45) is 0 Å². The van der Waals surface area contributed by atoms with Crippen LogP contribution in [-0.4, -0.2) is 64.2 Å². The van der Waals surface area contributed by atoms with Gasteiger partial charge in [-0.3, -0.25) is 14.4 Å². The van der Waals surface area contributed by atoms with Crippen LogP contribution in [0.3, 0.4) is 0 Å². The first-order valence-electron chi connectivity index (χ1n) is 26.8. The number of aromatic nitrogens is 1. The first kappa shape index (κ1) is 70.6. The zero-order valence-corrected chi connectivity index (χ0v) is 52.7. The number of thiazole rings is 1. The van der Waals surface area contributed by atoms with Gasteiger partial charge in [-0.2, -0.15) is 0 Å². The number of rotatable bonds is 14. The van der Waals surface area contributed by atoms with E-state index in [2.05, 4.69) is 36.4 Å². The molecule has 0 amide bonds. The number of Topliss-reactive ketones (excluding diaryl/α,β-unsaturated/α-hetero) is 2. The Morgan fingerprint density at radius 2 is 0.797 bits per heavy atom. The van der Waals surface area contributed by atoms with Crippen molar-refractivity contribution >= 4 is 59.7 Å². The van der Waals surface area contributed by atoms with Crippen molar-refractivity contribution < 1.29 is 31.2 Å². The van der Waals surface area contributed by atoms with E-state index in [0.29, 0.717) is 23.3 Å². The monoisotopic (exact) mass is 1140 g/mol. The summed E-state index contributed by atoms with van der Waals surface area (Å²) in [6.45, 7) is 23.9. The van der Waals surface area contributed by atoms with Crippen LogP contribution in [0.4, 0.5) is 0 Å². The highest BCUT2D eigenvalue weighted by Crippen LogP contribution is 2.36. The second-order valence-corrected chi connectivity index (χ2v) is 25.3. The summed E-state index contributed by atoms with van der Waals surface area (Å²) in [7, 11) is -5.33. The molecule has 0 aliphatic carbocycles. The lowest BCUT2D eigenvalue weighted by molar-refractivity contribution is -0.123. The molecule has 0 bridgehead atoms. The molecule has 0 radical (unpaired) electrons. The van der Waals surface area contributed by atoms with E-state index in [1.807, 2.05) is 235 Å². The molecule has 0 N–H and O–H groups in total. The van der Waals surface area contributed by atoms with Gasteiger partial charge in [0.2, 0.25) is 5.78 Å². The summed E-state index contributed by atoms with van der Waals surface area (Å²) >= 11 is 3.08. The molecule has 8 aromatic rings. The van der Waals surface area contributed by atoms with Gasteiger partial charge in [0.05, 0.1) is 17.0 Å². The third kappa shape index (κ3) is 25.1. The van der Waals surface area contributed by atoms with E-state index in [0.717, 1.165) is 74.8 Å². The summed E-state index contributed by atoms with van der Waals surface area (Å²) in [6, 6.07) is 61.7. The molecule has 0 atom stereocenters. The maximum atomic E-state index is 13.3. The Balaban J connectivity index is 0.000000609. The lowest BCUT2D eigenvalue weighted by atomic mass is 9.79. The fourth-order valence-electron chi connectivity index (χ4n) is 7.22. The lowest BCUT2D eigenvalue weighted by Gasteiger charge is -2.23. The minimum Gasteiger partial charge on any atom is -0.298 e. The van der Waals surface area contributed by atoms with Crippen molar-refractivity contribution in [1.29, 1.82) is 0 Å². The molecule has 0 spiro atoms. The van der Waals surface area contributed by atoms with Crippen molar-refractivity contribution in [3.05, 3.63) is 230 Å². The van der Waals surface area contributed by atoms with Crippen molar-refractivity contribution in [1.82, 2.24) is 4.98 Å². The standard InChI is InChI=1S/C28H24O2S.C27H25NOS.2C2H6O2S.4C2H6/c1-28(2,22-16-10-5-11-17-22)25(29)19-23-18-24(20-12-6-3-7-13-20)27(31-23)26(30)21-14-8-4-9-15-21;1-27(2,22-16-10-5-11-17-22)24(29)19-25-28-26(21-14-8-4-9-15-21)23(30-25)18-20-12-6-3-7-13-20;2*1-5(2,3)4;4*1-2/h3-18H,19H2,1-2H3;3-17H,18-19H2,1-2H3;2*1-2H3;4*1-2H3. The van der Waals surface area contributed by atoms with E-state index in [4.69, 9.17) is 4.98 Å². The summed E-state index contributed by atoms with van der Waals surface area (Å²) in [5, 5.41) is 0.883. The van der Waals surface area contributed by atoms with Gasteiger partial charge in [0.15, 0.2) is 0 Å². The van der Waals surface area contributed by atoms with Crippen molar-refractivity contribution in [3.63, 3.8) is 0 Å². The van der Waals surface area contributed by atoms with Gasteiger partial charge in [-0.15, -0.1) is 22.7 Å². The summed E-state index contributed by atoms with van der Waals surface area (Å²) in [6.07, 6.45) is 6.11. The van der Waals surface area contributed by atoms with Gasteiger partial charge in [-0.1, -0.05) is 237 Å². The number of carbonyl (C=O) groups excluding carboxylic acids is 3. The van der Waals surface area contributed by atoms with Gasteiger partial charge in [-0.05, 0) is 56.0 Å². The van der Waals surface area contributed by atoms with Gasteiger partial charge in [-0.25, -0.2) is 21.8 Å². The molecule has 2 aromatic heterocycles. The van der Waals surface area contributed by atoms with E-state index in [1.54, 1.807) is 11.3 Å². The highest BCUT2D eigenvalue weighted by atomic mass is 32.2. The smallest absolute Gasteiger partial charge is 0.203 e. The highest BCUT2D eigenvalue weighted by Gasteiger charge is 2.32. The Morgan fingerprint density at radius 3 is 1.20 bits per heavy atom. The molecule has 0 fully saturated rings. The Morgan fingerprint density at radius 1 is 0.456 bits per heavy atom. The number of nitrogens with zero attached hydrogens (tertiary/aromatic N) is 1. The lowest BCUT2D eigenvalue weighted by Crippen LogP contribution is -2.30. The quantitative estimate of drug-likeness (QED) is 0.0983. The van der Waals surface area contributed by atoms with E-state index in [-0.39, 0.29) is 17.3 Å². The Kier molecular flexibility index (Phi) is 32.1. The third-order valence-corrected chi connectivity index (χ3v) is 13.3. The predicted octanol–water partition coefficient (Wildman–Crippen LogP) is 16.7. The number of carbonyl (C=O) groups is 3. The van der Waals surface area contributed by atoms with Gasteiger partial charge in [0.25, 0.3) is 0 Å². The van der Waals surface area contributed by atoms with Crippen LogP contribution in [0.25, 0.3) is 22.4 Å². The van der Waals surface area contributed by atoms with Crippen LogP contribution < -0.4 is 0 Å². The van der Waals surface area contributed by atoms with Crippen molar-refractivity contribution in [2.75, 3.05) is 25.0 Å². The summed E-state index contributed by atoms with van der Waals surface area (Å²) in [4.78, 5) is 47.5. The van der Waals surface area contributed by atoms with Crippen molar-refractivity contribution in [3.8, 4) is 22.4 Å². The topological polar surface area (TPSA) is 132 Å². The van der Waals surface area contributed by atoms with Crippen LogP contribution in [-0.2, 0) is 59.4 Å². The molecule has 6 aromatic carbocycles. The van der Waals surface area contributed by atoms with Crippen LogP contribution in [0.15, 0.2) is 188 Å². The summed E-state index contributed by atoms with van der Waals surface area (Å²) in [5.74, 6) is 0.317. The second-order valence-electron chi connectivity index (χ2n) is 18.4. The Hall–Kier alpha value is -6.44. The number of thiophene rings is 1. The largest absolute Gasteiger partial charge is 0.298 e. The number of hydrogen-bond donors (Lipinski definition) is 0. The average Bonchev–Trinajstić information content (AvgIpc) is 4.18. The molecule has 0 aliphatic rings. The van der Waals surface area contributed by atoms with Crippen LogP contribution in [0.1, 0.15) is 130 Å². The first-order chi connectivity index (χ1) is 37.5.